The minimum absolute atomic E-state index is 0.0202. The number of carbonyl (C=O) groups is 2. The number of benzene rings is 3. The van der Waals surface area contributed by atoms with Gasteiger partial charge in [-0.15, -0.1) is 0 Å². The van der Waals surface area contributed by atoms with Crippen LogP contribution >= 0.6 is 50.7 Å². The molecule has 0 spiro atoms. The fourth-order valence-corrected chi connectivity index (χ4v) is 5.76. The predicted octanol–water partition coefficient (Wildman–Crippen LogP) is 9.79. The predicted molar refractivity (Wildman–Crippen MR) is 160 cm³/mol. The fraction of sp³-hybridized carbons (Fsp3) is 0.267. The molecule has 0 aromatic heterocycles. The molecule has 1 fully saturated rings. The minimum Gasteiger partial charge on any atom is -0.497 e. The molecule has 1 aliphatic carbocycles. The van der Waals surface area contributed by atoms with Gasteiger partial charge < -0.3 is 9.64 Å². The van der Waals surface area contributed by atoms with Crippen LogP contribution < -0.4 is 9.64 Å². The standard InChI is InChI=1S/C30H24BrCl3F3NO3/c1-38(19-5-7-20(41-2)8-6-19)28(40)29(11-12-29)16-26(39)21-9-3-17(13-23(21)31)4-10-22(30(35,36)37)18-14-24(32)27(34)25(33)15-18/h3-10,13-15,22H,11-12,16H2,1-2H3/b10-4+. The number of ketones is 1. The molecule has 3 aromatic carbocycles. The van der Waals surface area contributed by atoms with Gasteiger partial charge >= 0.3 is 6.18 Å². The van der Waals surface area contributed by atoms with Crippen molar-refractivity contribution < 1.29 is 27.5 Å². The van der Waals surface area contributed by atoms with Crippen LogP contribution in [-0.4, -0.2) is 32.0 Å². The largest absolute Gasteiger partial charge is 0.497 e. The maximum atomic E-state index is 13.9. The summed E-state index contributed by atoms with van der Waals surface area (Å²) in [5.74, 6) is -1.70. The van der Waals surface area contributed by atoms with Gasteiger partial charge in [-0.2, -0.15) is 13.2 Å². The highest BCUT2D eigenvalue weighted by molar-refractivity contribution is 9.10. The number of alkyl halides is 3. The molecule has 11 heteroatoms. The third-order valence-corrected chi connectivity index (χ3v) is 8.92. The van der Waals surface area contributed by atoms with Crippen molar-refractivity contribution in [2.24, 2.45) is 5.41 Å². The molecule has 3 aromatic rings. The number of nitrogens with zero attached hydrogens (tertiary/aromatic N) is 1. The summed E-state index contributed by atoms with van der Waals surface area (Å²) in [7, 11) is 3.23. The topological polar surface area (TPSA) is 46.6 Å². The molecule has 0 radical (unpaired) electrons. The van der Waals surface area contributed by atoms with Gasteiger partial charge in [0.05, 0.1) is 33.5 Å². The van der Waals surface area contributed by atoms with Crippen molar-refractivity contribution in [3.63, 3.8) is 0 Å². The maximum Gasteiger partial charge on any atom is 0.399 e. The van der Waals surface area contributed by atoms with Gasteiger partial charge in [-0.25, -0.2) is 0 Å². The van der Waals surface area contributed by atoms with Gasteiger partial charge in [0.25, 0.3) is 0 Å². The summed E-state index contributed by atoms with van der Waals surface area (Å²) in [4.78, 5) is 28.1. The number of Topliss-reactive ketones (excluding diaryl/α,β-unsaturated/α-hetero) is 1. The Bertz CT molecular complexity index is 1480. The zero-order valence-electron chi connectivity index (χ0n) is 21.9. The van der Waals surface area contributed by atoms with Crippen LogP contribution in [0.4, 0.5) is 18.9 Å². The molecule has 1 amide bonds. The molecule has 0 aliphatic heterocycles. The molecule has 0 heterocycles. The quantitative estimate of drug-likeness (QED) is 0.166. The van der Waals surface area contributed by atoms with E-state index in [1.807, 2.05) is 0 Å². The van der Waals surface area contributed by atoms with Gasteiger partial charge in [-0.05, 0) is 72.5 Å². The van der Waals surface area contributed by atoms with Crippen molar-refractivity contribution in [2.75, 3.05) is 19.1 Å². The molecule has 216 valence electrons. The molecule has 0 saturated heterocycles. The molecular formula is C30H24BrCl3F3NO3. The Labute approximate surface area is 259 Å². The van der Waals surface area contributed by atoms with Crippen LogP contribution in [0.5, 0.6) is 5.75 Å². The van der Waals surface area contributed by atoms with Crippen molar-refractivity contribution in [3.8, 4) is 5.75 Å². The molecule has 4 nitrogen and oxygen atoms in total. The first-order valence-corrected chi connectivity index (χ1v) is 14.3. The Morgan fingerprint density at radius 2 is 1.66 bits per heavy atom. The summed E-state index contributed by atoms with van der Waals surface area (Å²) >= 11 is 21.2. The van der Waals surface area contributed by atoms with E-state index in [2.05, 4.69) is 15.9 Å². The van der Waals surface area contributed by atoms with Crippen LogP contribution in [0.2, 0.25) is 15.1 Å². The zero-order chi connectivity index (χ0) is 30.1. The van der Waals surface area contributed by atoms with Crippen LogP contribution in [0.3, 0.4) is 0 Å². The second kappa shape index (κ2) is 12.4. The van der Waals surface area contributed by atoms with E-state index in [-0.39, 0.29) is 38.7 Å². The van der Waals surface area contributed by atoms with E-state index in [1.54, 1.807) is 61.5 Å². The van der Waals surface area contributed by atoms with E-state index in [0.717, 1.165) is 18.2 Å². The highest BCUT2D eigenvalue weighted by Crippen LogP contribution is 2.51. The second-order valence-electron chi connectivity index (χ2n) is 9.86. The average molecular weight is 690 g/mol. The summed E-state index contributed by atoms with van der Waals surface area (Å²) in [5, 5.41) is -0.178. The van der Waals surface area contributed by atoms with Gasteiger partial charge in [-0.1, -0.05) is 69.0 Å². The van der Waals surface area contributed by atoms with Crippen molar-refractivity contribution in [1.29, 1.82) is 0 Å². The molecular weight excluding hydrogens is 666 g/mol. The van der Waals surface area contributed by atoms with E-state index < -0.39 is 17.5 Å². The van der Waals surface area contributed by atoms with Crippen LogP contribution in [0.15, 0.2) is 65.1 Å². The van der Waals surface area contributed by atoms with Crippen molar-refractivity contribution in [1.82, 2.24) is 0 Å². The number of methoxy groups -OCH3 is 1. The smallest absolute Gasteiger partial charge is 0.399 e. The normalized spacial score (nSPS) is 15.0. The first-order chi connectivity index (χ1) is 19.3. The number of amides is 1. The van der Waals surface area contributed by atoms with Crippen molar-refractivity contribution >= 4 is 74.2 Å². The molecule has 4 rings (SSSR count). The van der Waals surface area contributed by atoms with E-state index >= 15 is 0 Å². The third-order valence-electron chi connectivity index (χ3n) is 7.06. The van der Waals surface area contributed by atoms with Crippen LogP contribution in [0.1, 0.15) is 46.7 Å². The number of hydrogen-bond donors (Lipinski definition) is 0. The fourth-order valence-electron chi connectivity index (χ4n) is 4.53. The Kier molecular flexibility index (Phi) is 9.48. The van der Waals surface area contributed by atoms with E-state index in [1.165, 1.54) is 6.08 Å². The van der Waals surface area contributed by atoms with E-state index in [9.17, 15) is 22.8 Å². The highest BCUT2D eigenvalue weighted by atomic mass is 79.9. The van der Waals surface area contributed by atoms with Gasteiger partial charge in [0.15, 0.2) is 5.78 Å². The highest BCUT2D eigenvalue weighted by Gasteiger charge is 2.52. The first kappa shape index (κ1) is 31.4. The first-order valence-electron chi connectivity index (χ1n) is 12.4. The lowest BCUT2D eigenvalue weighted by molar-refractivity contribution is -0.139. The summed E-state index contributed by atoms with van der Waals surface area (Å²) < 4.78 is 47.2. The van der Waals surface area contributed by atoms with Gasteiger partial charge in [-0.3, -0.25) is 9.59 Å². The number of carbonyl (C=O) groups excluding carboxylic acids is 2. The molecule has 1 saturated carbocycles. The number of anilines is 1. The Balaban J connectivity index is 1.49. The summed E-state index contributed by atoms with van der Waals surface area (Å²) in [5.41, 5.74) is 0.526. The lowest BCUT2D eigenvalue weighted by atomic mass is 9.93. The summed E-state index contributed by atoms with van der Waals surface area (Å²) in [6.07, 6.45) is -1.11. The number of hydrogen-bond acceptors (Lipinski definition) is 3. The Hall–Kier alpha value is -2.52. The number of allylic oxidation sites excluding steroid dienone is 1. The minimum atomic E-state index is -4.62. The molecule has 1 unspecified atom stereocenters. The SMILES string of the molecule is COc1ccc(N(C)C(=O)C2(CC(=O)c3ccc(/C=C/C(c4cc(Cl)c(Cl)c(Cl)c4)C(F)(F)F)cc3Br)CC2)cc1. The monoisotopic (exact) mass is 687 g/mol. The van der Waals surface area contributed by atoms with Crippen LogP contribution in [0.25, 0.3) is 6.08 Å². The third kappa shape index (κ3) is 7.11. The lowest BCUT2D eigenvalue weighted by Crippen LogP contribution is -2.35. The second-order valence-corrected chi connectivity index (χ2v) is 11.9. The van der Waals surface area contributed by atoms with Crippen LogP contribution in [-0.2, 0) is 4.79 Å². The molecule has 41 heavy (non-hydrogen) atoms. The summed E-state index contributed by atoms with van der Waals surface area (Å²) in [6.45, 7) is 0. The van der Waals surface area contributed by atoms with Crippen molar-refractivity contribution in [2.45, 2.75) is 31.4 Å². The molecule has 0 bridgehead atoms. The Morgan fingerprint density at radius 3 is 2.17 bits per heavy atom. The van der Waals surface area contributed by atoms with Crippen molar-refractivity contribution in [3.05, 3.63) is 96.9 Å². The van der Waals surface area contributed by atoms with Crippen LogP contribution in [0, 0.1) is 5.41 Å². The number of rotatable bonds is 9. The van der Waals surface area contributed by atoms with E-state index in [4.69, 9.17) is 39.5 Å². The average Bonchev–Trinajstić information content (AvgIpc) is 3.70. The lowest BCUT2D eigenvalue weighted by Gasteiger charge is -2.23. The molecule has 1 atom stereocenters. The number of ether oxygens (including phenoxy) is 1. The van der Waals surface area contributed by atoms with Gasteiger partial charge in [0.2, 0.25) is 5.91 Å². The van der Waals surface area contributed by atoms with Gasteiger partial charge in [0, 0.05) is 29.2 Å². The molecule has 1 aliphatic rings. The number of halogens is 7. The zero-order valence-corrected chi connectivity index (χ0v) is 25.7. The molecule has 0 N–H and O–H groups in total. The van der Waals surface area contributed by atoms with E-state index in [0.29, 0.717) is 39.9 Å². The summed E-state index contributed by atoms with van der Waals surface area (Å²) in [6, 6.07) is 14.0. The Morgan fingerprint density at radius 1 is 1.05 bits per heavy atom. The maximum absolute atomic E-state index is 13.9. The van der Waals surface area contributed by atoms with Gasteiger partial charge in [0.1, 0.15) is 5.75 Å².